The molecule has 6 heteroatoms. The Morgan fingerprint density at radius 2 is 1.95 bits per heavy atom. The molecule has 0 aliphatic heterocycles. The summed E-state index contributed by atoms with van der Waals surface area (Å²) in [4.78, 5) is 5.41. The Bertz CT molecular complexity index is 449. The van der Waals surface area contributed by atoms with E-state index in [4.69, 9.17) is 16.3 Å². The molecule has 1 aromatic rings. The Balaban J connectivity index is 2.25. The van der Waals surface area contributed by atoms with E-state index in [2.05, 4.69) is 15.6 Å². The van der Waals surface area contributed by atoms with E-state index in [9.17, 15) is 0 Å². The average Bonchev–Trinajstić information content (AvgIpc) is 2.48. The number of benzene rings is 1. The number of guanidine groups is 1. The van der Waals surface area contributed by atoms with Crippen LogP contribution < -0.4 is 10.6 Å². The van der Waals surface area contributed by atoms with Crippen LogP contribution in [0.3, 0.4) is 0 Å². The number of ether oxygens (including phenoxy) is 1. The zero-order valence-corrected chi connectivity index (χ0v) is 14.6. The predicted molar refractivity (Wildman–Crippen MR) is 92.6 cm³/mol. The summed E-state index contributed by atoms with van der Waals surface area (Å²) >= 11 is 7.64. The van der Waals surface area contributed by atoms with E-state index in [0.29, 0.717) is 6.54 Å². The molecule has 4 nitrogen and oxygen atoms in total. The van der Waals surface area contributed by atoms with Crippen molar-refractivity contribution in [1.29, 1.82) is 0 Å². The SMILES string of the molecule is CN=C(NCCSc1ccc(Cl)cc1)NCC(C)(C)OC. The summed E-state index contributed by atoms with van der Waals surface area (Å²) in [5.74, 6) is 1.74. The van der Waals surface area contributed by atoms with Crippen LogP contribution >= 0.6 is 23.4 Å². The molecule has 2 N–H and O–H groups in total. The first-order valence-corrected chi connectivity index (χ1v) is 8.21. The molecule has 0 aliphatic rings. The molecule has 0 amide bonds. The third kappa shape index (κ3) is 7.60. The van der Waals surface area contributed by atoms with E-state index in [1.807, 2.05) is 38.1 Å². The van der Waals surface area contributed by atoms with Gasteiger partial charge in [0.15, 0.2) is 5.96 Å². The van der Waals surface area contributed by atoms with Crippen molar-refractivity contribution in [3.05, 3.63) is 29.3 Å². The molecule has 0 bridgehead atoms. The van der Waals surface area contributed by atoms with Gasteiger partial charge in [-0.3, -0.25) is 4.99 Å². The summed E-state index contributed by atoms with van der Waals surface area (Å²) < 4.78 is 5.37. The highest BCUT2D eigenvalue weighted by Crippen LogP contribution is 2.19. The second kappa shape index (κ2) is 9.18. The number of hydrogen-bond donors (Lipinski definition) is 2. The van der Waals surface area contributed by atoms with Gasteiger partial charge in [0.05, 0.1) is 5.60 Å². The van der Waals surface area contributed by atoms with Crippen LogP contribution in [0.2, 0.25) is 5.02 Å². The molecule has 0 aromatic heterocycles. The Kier molecular flexibility index (Phi) is 7.93. The van der Waals surface area contributed by atoms with Crippen LogP contribution in [0.5, 0.6) is 0 Å². The van der Waals surface area contributed by atoms with E-state index in [-0.39, 0.29) is 5.60 Å². The van der Waals surface area contributed by atoms with Crippen molar-refractivity contribution >= 4 is 29.3 Å². The second-order valence-electron chi connectivity index (χ2n) is 5.12. The van der Waals surface area contributed by atoms with Crippen LogP contribution in [0.15, 0.2) is 34.2 Å². The lowest BCUT2D eigenvalue weighted by Gasteiger charge is -2.24. The summed E-state index contributed by atoms with van der Waals surface area (Å²) in [6, 6.07) is 7.87. The lowest BCUT2D eigenvalue weighted by Crippen LogP contribution is -2.45. The number of nitrogens with one attached hydrogen (secondary N) is 2. The monoisotopic (exact) mass is 329 g/mol. The van der Waals surface area contributed by atoms with Crippen molar-refractivity contribution in [2.24, 2.45) is 4.99 Å². The lowest BCUT2D eigenvalue weighted by molar-refractivity contribution is 0.0268. The normalized spacial score (nSPS) is 12.3. The molecular formula is C15H24ClN3OS. The van der Waals surface area contributed by atoms with Gasteiger partial charge >= 0.3 is 0 Å². The van der Waals surface area contributed by atoms with Gasteiger partial charge in [0, 0.05) is 42.9 Å². The third-order valence-electron chi connectivity index (χ3n) is 2.93. The van der Waals surface area contributed by atoms with Crippen LogP contribution in [-0.2, 0) is 4.74 Å². The number of hydrogen-bond acceptors (Lipinski definition) is 3. The zero-order valence-electron chi connectivity index (χ0n) is 13.1. The molecule has 0 aliphatic carbocycles. The number of aliphatic imine (C=N–C) groups is 1. The molecule has 0 atom stereocenters. The highest BCUT2D eigenvalue weighted by molar-refractivity contribution is 7.99. The molecule has 118 valence electrons. The number of methoxy groups -OCH3 is 1. The van der Waals surface area contributed by atoms with Gasteiger partial charge in [-0.25, -0.2) is 0 Å². The van der Waals surface area contributed by atoms with Gasteiger partial charge in [0.2, 0.25) is 0 Å². The number of nitrogens with zero attached hydrogens (tertiary/aromatic N) is 1. The standard InChI is InChI=1S/C15H24ClN3OS/c1-15(2,20-4)11-19-14(17-3)18-9-10-21-13-7-5-12(16)6-8-13/h5-8H,9-11H2,1-4H3,(H2,17,18,19). The van der Waals surface area contributed by atoms with Crippen LogP contribution in [0.25, 0.3) is 0 Å². The minimum atomic E-state index is -0.213. The van der Waals surface area contributed by atoms with Gasteiger partial charge in [0.1, 0.15) is 0 Å². The van der Waals surface area contributed by atoms with E-state index in [1.165, 1.54) is 4.90 Å². The highest BCUT2D eigenvalue weighted by atomic mass is 35.5. The summed E-state index contributed by atoms with van der Waals surface area (Å²) in [7, 11) is 3.47. The number of rotatable bonds is 7. The van der Waals surface area contributed by atoms with Crippen molar-refractivity contribution in [1.82, 2.24) is 10.6 Å². The molecule has 0 saturated heterocycles. The quantitative estimate of drug-likeness (QED) is 0.349. The Morgan fingerprint density at radius 1 is 1.29 bits per heavy atom. The summed E-state index contributed by atoms with van der Waals surface area (Å²) in [6.45, 7) is 5.60. The zero-order chi connectivity index (χ0) is 15.7. The van der Waals surface area contributed by atoms with E-state index >= 15 is 0 Å². The average molecular weight is 330 g/mol. The molecule has 0 unspecified atom stereocenters. The first kappa shape index (κ1) is 18.1. The molecular weight excluding hydrogens is 306 g/mol. The largest absolute Gasteiger partial charge is 0.377 e. The van der Waals surface area contributed by atoms with Crippen molar-refractivity contribution in [3.8, 4) is 0 Å². The van der Waals surface area contributed by atoms with Gasteiger partial charge in [-0.2, -0.15) is 0 Å². The first-order valence-electron chi connectivity index (χ1n) is 6.85. The Morgan fingerprint density at radius 3 is 2.52 bits per heavy atom. The number of thioether (sulfide) groups is 1. The summed E-state index contributed by atoms with van der Waals surface area (Å²) in [5, 5.41) is 7.30. The fraction of sp³-hybridized carbons (Fsp3) is 0.533. The van der Waals surface area contributed by atoms with E-state index in [1.54, 1.807) is 25.9 Å². The fourth-order valence-corrected chi connectivity index (χ4v) is 2.35. The molecule has 0 fully saturated rings. The summed E-state index contributed by atoms with van der Waals surface area (Å²) in [5.41, 5.74) is -0.213. The smallest absolute Gasteiger partial charge is 0.191 e. The van der Waals surface area contributed by atoms with Crippen molar-refractivity contribution in [2.45, 2.75) is 24.3 Å². The van der Waals surface area contributed by atoms with Crippen LogP contribution in [0.1, 0.15) is 13.8 Å². The van der Waals surface area contributed by atoms with Gasteiger partial charge < -0.3 is 15.4 Å². The Labute approximate surface area is 136 Å². The third-order valence-corrected chi connectivity index (χ3v) is 4.20. The topological polar surface area (TPSA) is 45.7 Å². The highest BCUT2D eigenvalue weighted by Gasteiger charge is 2.16. The van der Waals surface area contributed by atoms with Crippen LogP contribution in [-0.4, -0.2) is 44.6 Å². The maximum atomic E-state index is 5.86. The molecule has 1 rings (SSSR count). The molecule has 1 aromatic carbocycles. The van der Waals surface area contributed by atoms with Gasteiger partial charge in [0.25, 0.3) is 0 Å². The lowest BCUT2D eigenvalue weighted by atomic mass is 10.1. The minimum Gasteiger partial charge on any atom is -0.377 e. The van der Waals surface area contributed by atoms with Gasteiger partial charge in [-0.15, -0.1) is 11.8 Å². The predicted octanol–water partition coefficient (Wildman–Crippen LogP) is 3.02. The maximum Gasteiger partial charge on any atom is 0.191 e. The van der Waals surface area contributed by atoms with E-state index in [0.717, 1.165) is 23.3 Å². The van der Waals surface area contributed by atoms with Crippen molar-refractivity contribution < 1.29 is 4.74 Å². The molecule has 0 radical (unpaired) electrons. The Hall–Kier alpha value is -0.910. The summed E-state index contributed by atoms with van der Waals surface area (Å²) in [6.07, 6.45) is 0. The van der Waals surface area contributed by atoms with Crippen molar-refractivity contribution in [3.63, 3.8) is 0 Å². The van der Waals surface area contributed by atoms with Crippen LogP contribution in [0.4, 0.5) is 0 Å². The minimum absolute atomic E-state index is 0.213. The fourth-order valence-electron chi connectivity index (χ4n) is 1.46. The van der Waals surface area contributed by atoms with Crippen molar-refractivity contribution in [2.75, 3.05) is 33.0 Å². The first-order chi connectivity index (χ1) is 9.96. The van der Waals surface area contributed by atoms with Crippen LogP contribution in [0, 0.1) is 0 Å². The second-order valence-corrected chi connectivity index (χ2v) is 6.72. The molecule has 0 saturated carbocycles. The molecule has 21 heavy (non-hydrogen) atoms. The number of halogens is 1. The molecule has 0 spiro atoms. The van der Waals surface area contributed by atoms with E-state index < -0.39 is 0 Å². The van der Waals surface area contributed by atoms with Gasteiger partial charge in [-0.1, -0.05) is 11.6 Å². The molecule has 0 heterocycles. The maximum absolute atomic E-state index is 5.86. The van der Waals surface area contributed by atoms with Gasteiger partial charge in [-0.05, 0) is 38.1 Å².